The number of fused-ring (bicyclic) bond motifs is 1. The van der Waals surface area contributed by atoms with Crippen molar-refractivity contribution in [3.05, 3.63) is 58.1 Å². The number of esters is 1. The fourth-order valence-corrected chi connectivity index (χ4v) is 2.63. The lowest BCUT2D eigenvalue weighted by molar-refractivity contribution is -0.146. The maximum Gasteiger partial charge on any atom is 0.310 e. The van der Waals surface area contributed by atoms with Crippen molar-refractivity contribution in [3.63, 3.8) is 0 Å². The molecule has 3 rings (SSSR count). The molecule has 2 aromatic rings. The molecule has 1 amide bonds. The quantitative estimate of drug-likeness (QED) is 0.620. The lowest BCUT2D eigenvalue weighted by atomic mass is 10.1. The number of nitrogens with one attached hydrogen (secondary N) is 1. The lowest BCUT2D eigenvalue weighted by Gasteiger charge is -2.25. The third-order valence-corrected chi connectivity index (χ3v) is 4.40. The summed E-state index contributed by atoms with van der Waals surface area (Å²) in [4.78, 5) is 36.0. The first-order valence-electron chi connectivity index (χ1n) is 7.64. The van der Waals surface area contributed by atoms with Gasteiger partial charge >= 0.3 is 5.97 Å². The van der Waals surface area contributed by atoms with E-state index in [0.29, 0.717) is 16.5 Å². The van der Waals surface area contributed by atoms with Gasteiger partial charge in [0.05, 0.1) is 22.2 Å². The monoisotopic (exact) mass is 393 g/mol. The van der Waals surface area contributed by atoms with Gasteiger partial charge in [0.2, 0.25) is 0 Å². The Labute approximate surface area is 159 Å². The molecule has 26 heavy (non-hydrogen) atoms. The maximum atomic E-state index is 12.0. The molecule has 0 saturated carbocycles. The van der Waals surface area contributed by atoms with E-state index in [1.165, 1.54) is 18.2 Å². The summed E-state index contributed by atoms with van der Waals surface area (Å²) in [6.07, 6.45) is -1.33. The zero-order valence-corrected chi connectivity index (χ0v) is 14.8. The molecule has 0 saturated heterocycles. The zero-order chi connectivity index (χ0) is 18.7. The summed E-state index contributed by atoms with van der Waals surface area (Å²) in [5, 5.41) is 3.20. The third-order valence-electron chi connectivity index (χ3n) is 3.66. The topological polar surface area (TPSA) is 81.7 Å². The van der Waals surface area contributed by atoms with E-state index < -0.39 is 30.4 Å². The number of hydrogen-bond acceptors (Lipinski definition) is 5. The van der Waals surface area contributed by atoms with Crippen molar-refractivity contribution in [2.75, 3.05) is 11.9 Å². The van der Waals surface area contributed by atoms with Crippen LogP contribution in [0.3, 0.4) is 0 Å². The fraction of sp³-hybridized carbons (Fsp3) is 0.167. The Morgan fingerprint density at radius 2 is 1.88 bits per heavy atom. The van der Waals surface area contributed by atoms with Crippen molar-refractivity contribution in [1.29, 1.82) is 0 Å². The smallest absolute Gasteiger partial charge is 0.310 e. The van der Waals surface area contributed by atoms with Crippen molar-refractivity contribution in [2.45, 2.75) is 12.5 Å². The van der Waals surface area contributed by atoms with Gasteiger partial charge in [-0.2, -0.15) is 0 Å². The molecule has 0 aromatic heterocycles. The SMILES string of the molecule is O=C(C[C@H]1Oc2ccccc2NC1=O)OCC(=O)c1ccc(Cl)c(Cl)c1. The Bertz CT molecular complexity index is 884. The molecule has 0 radical (unpaired) electrons. The number of anilines is 1. The Balaban J connectivity index is 1.55. The zero-order valence-electron chi connectivity index (χ0n) is 13.3. The van der Waals surface area contributed by atoms with Crippen LogP contribution in [0.1, 0.15) is 16.8 Å². The molecule has 0 aliphatic carbocycles. The van der Waals surface area contributed by atoms with Crippen molar-refractivity contribution in [1.82, 2.24) is 0 Å². The van der Waals surface area contributed by atoms with Gasteiger partial charge in [0, 0.05) is 5.56 Å². The van der Waals surface area contributed by atoms with Gasteiger partial charge in [-0.3, -0.25) is 14.4 Å². The van der Waals surface area contributed by atoms with Gasteiger partial charge in [-0.1, -0.05) is 35.3 Å². The van der Waals surface area contributed by atoms with Gasteiger partial charge in [-0.15, -0.1) is 0 Å². The molecule has 2 aromatic carbocycles. The van der Waals surface area contributed by atoms with Crippen LogP contribution in [-0.2, 0) is 14.3 Å². The molecule has 8 heteroatoms. The average molecular weight is 394 g/mol. The number of carbonyl (C=O) groups is 3. The summed E-state index contributed by atoms with van der Waals surface area (Å²) in [6, 6.07) is 11.2. The van der Waals surface area contributed by atoms with Crippen LogP contribution in [0.15, 0.2) is 42.5 Å². The second kappa shape index (κ2) is 7.76. The normalized spacial score (nSPS) is 15.5. The molecule has 1 N–H and O–H groups in total. The molecule has 134 valence electrons. The highest BCUT2D eigenvalue weighted by Gasteiger charge is 2.30. The molecule has 6 nitrogen and oxygen atoms in total. The Morgan fingerprint density at radius 3 is 2.65 bits per heavy atom. The fourth-order valence-electron chi connectivity index (χ4n) is 2.34. The van der Waals surface area contributed by atoms with E-state index in [2.05, 4.69) is 5.32 Å². The third kappa shape index (κ3) is 4.15. The van der Waals surface area contributed by atoms with E-state index in [9.17, 15) is 14.4 Å². The van der Waals surface area contributed by atoms with Crippen LogP contribution in [0.5, 0.6) is 5.75 Å². The van der Waals surface area contributed by atoms with Gasteiger partial charge in [-0.05, 0) is 30.3 Å². The van der Waals surface area contributed by atoms with Crippen LogP contribution in [-0.4, -0.2) is 30.4 Å². The van der Waals surface area contributed by atoms with Gasteiger partial charge in [0.25, 0.3) is 5.91 Å². The number of halogens is 2. The number of ether oxygens (including phenoxy) is 2. The van der Waals surface area contributed by atoms with Gasteiger partial charge < -0.3 is 14.8 Å². The van der Waals surface area contributed by atoms with Crippen LogP contribution >= 0.6 is 23.2 Å². The highest BCUT2D eigenvalue weighted by atomic mass is 35.5. The predicted octanol–water partition coefficient (Wildman–Crippen LogP) is 3.51. The first-order valence-corrected chi connectivity index (χ1v) is 8.40. The molecule has 0 fully saturated rings. The Hall–Kier alpha value is -2.57. The summed E-state index contributed by atoms with van der Waals surface area (Å²) < 4.78 is 10.4. The number of amides is 1. The van der Waals surface area contributed by atoms with E-state index in [1.54, 1.807) is 24.3 Å². The summed E-state index contributed by atoms with van der Waals surface area (Å²) in [5.41, 5.74) is 0.810. The number of ketones is 1. The van der Waals surface area contributed by atoms with Crippen LogP contribution in [0.2, 0.25) is 10.0 Å². The highest BCUT2D eigenvalue weighted by molar-refractivity contribution is 6.42. The molecule has 1 aliphatic rings. The van der Waals surface area contributed by atoms with Crippen LogP contribution in [0, 0.1) is 0 Å². The highest BCUT2D eigenvalue weighted by Crippen LogP contribution is 2.29. The first kappa shape index (κ1) is 18.2. The molecule has 0 spiro atoms. The van der Waals surface area contributed by atoms with Gasteiger partial charge in [0.1, 0.15) is 5.75 Å². The summed E-state index contributed by atoms with van der Waals surface area (Å²) >= 11 is 11.6. The molecule has 0 bridgehead atoms. The standard InChI is InChI=1S/C18H13Cl2NO5/c19-11-6-5-10(7-12(11)20)14(22)9-25-17(23)8-16-18(24)21-13-3-1-2-4-15(13)26-16/h1-7,16H,8-9H2,(H,21,24)/t16-/m1/s1. The van der Waals surface area contributed by atoms with Crippen LogP contribution in [0.25, 0.3) is 0 Å². The van der Waals surface area contributed by atoms with Gasteiger partial charge in [0.15, 0.2) is 18.5 Å². The van der Waals surface area contributed by atoms with E-state index in [-0.39, 0.29) is 17.0 Å². The van der Waals surface area contributed by atoms with Crippen LogP contribution < -0.4 is 10.1 Å². The number of para-hydroxylation sites is 2. The molecular formula is C18H13Cl2NO5. The van der Waals surface area contributed by atoms with Crippen molar-refractivity contribution in [2.24, 2.45) is 0 Å². The van der Waals surface area contributed by atoms with E-state index in [4.69, 9.17) is 32.7 Å². The number of Topliss-reactive ketones (excluding diaryl/α,β-unsaturated/α-hetero) is 1. The summed E-state index contributed by atoms with van der Waals surface area (Å²) in [5.74, 6) is -1.14. The van der Waals surface area contributed by atoms with Crippen molar-refractivity contribution >= 4 is 46.5 Å². The summed E-state index contributed by atoms with van der Waals surface area (Å²) in [7, 11) is 0. The number of hydrogen-bond donors (Lipinski definition) is 1. The minimum atomic E-state index is -1.02. The molecular weight excluding hydrogens is 381 g/mol. The van der Waals surface area contributed by atoms with Crippen molar-refractivity contribution in [3.8, 4) is 5.75 Å². The second-order valence-corrected chi connectivity index (χ2v) is 6.32. The molecule has 1 heterocycles. The lowest BCUT2D eigenvalue weighted by Crippen LogP contribution is -2.39. The number of rotatable bonds is 5. The Morgan fingerprint density at radius 1 is 1.12 bits per heavy atom. The number of carbonyl (C=O) groups excluding carboxylic acids is 3. The second-order valence-electron chi connectivity index (χ2n) is 5.51. The minimum Gasteiger partial charge on any atom is -0.478 e. The van der Waals surface area contributed by atoms with Crippen LogP contribution in [0.4, 0.5) is 5.69 Å². The van der Waals surface area contributed by atoms with Crippen molar-refractivity contribution < 1.29 is 23.9 Å². The average Bonchev–Trinajstić information content (AvgIpc) is 2.62. The van der Waals surface area contributed by atoms with E-state index in [1.807, 2.05) is 0 Å². The summed E-state index contributed by atoms with van der Waals surface area (Å²) in [6.45, 7) is -0.471. The number of benzene rings is 2. The largest absolute Gasteiger partial charge is 0.478 e. The maximum absolute atomic E-state index is 12.0. The Kier molecular flexibility index (Phi) is 5.44. The van der Waals surface area contributed by atoms with E-state index in [0.717, 1.165) is 0 Å². The van der Waals surface area contributed by atoms with E-state index >= 15 is 0 Å². The first-order chi connectivity index (χ1) is 12.4. The molecule has 0 unspecified atom stereocenters. The molecule has 1 aliphatic heterocycles. The van der Waals surface area contributed by atoms with Gasteiger partial charge in [-0.25, -0.2) is 0 Å². The predicted molar refractivity (Wildman–Crippen MR) is 95.9 cm³/mol. The molecule has 1 atom stereocenters. The minimum absolute atomic E-state index is 0.231.